The summed E-state index contributed by atoms with van der Waals surface area (Å²) >= 11 is 0. The Morgan fingerprint density at radius 2 is 1.97 bits per heavy atom. The van der Waals surface area contributed by atoms with Crippen LogP contribution in [0.5, 0.6) is 11.6 Å². The van der Waals surface area contributed by atoms with Gasteiger partial charge in [0.2, 0.25) is 5.88 Å². The summed E-state index contributed by atoms with van der Waals surface area (Å²) in [6, 6.07) is 18.7. The number of pyridine rings is 1. The third kappa shape index (κ3) is 6.31. The molecule has 2 N–H and O–H groups in total. The molecule has 1 saturated heterocycles. The lowest BCUT2D eigenvalue weighted by Crippen LogP contribution is -2.27. The number of hydrogen-bond donors (Lipinski definition) is 2. The Morgan fingerprint density at radius 1 is 1.08 bits per heavy atom. The van der Waals surface area contributed by atoms with Gasteiger partial charge in [0.25, 0.3) is 11.5 Å². The predicted octanol–water partition coefficient (Wildman–Crippen LogP) is 3.28. The summed E-state index contributed by atoms with van der Waals surface area (Å²) < 4.78 is 17.0. The van der Waals surface area contributed by atoms with E-state index < -0.39 is 11.5 Å². The SMILES string of the molecule is O=C(NCc1ccnc(OCC2CCOC2)c1)c1nc2cccc(OCCc3ccccc3)c2c(=O)[nH]1. The summed E-state index contributed by atoms with van der Waals surface area (Å²) in [4.78, 5) is 36.8. The van der Waals surface area contributed by atoms with Crippen LogP contribution in [0.15, 0.2) is 71.7 Å². The number of hydrogen-bond acceptors (Lipinski definition) is 7. The van der Waals surface area contributed by atoms with E-state index in [1.165, 1.54) is 0 Å². The van der Waals surface area contributed by atoms with Gasteiger partial charge >= 0.3 is 0 Å². The third-order valence-corrected chi connectivity index (χ3v) is 6.14. The van der Waals surface area contributed by atoms with E-state index in [0.29, 0.717) is 54.7 Å². The van der Waals surface area contributed by atoms with Crippen molar-refractivity contribution in [1.29, 1.82) is 0 Å². The maximum absolute atomic E-state index is 12.9. The fourth-order valence-electron chi connectivity index (χ4n) is 4.13. The molecule has 9 nitrogen and oxygen atoms in total. The van der Waals surface area contributed by atoms with Crippen LogP contribution in [0.2, 0.25) is 0 Å². The Balaban J connectivity index is 1.21. The molecule has 1 aliphatic heterocycles. The lowest BCUT2D eigenvalue weighted by molar-refractivity contribution is 0.0940. The first-order valence-electron chi connectivity index (χ1n) is 12.3. The lowest BCUT2D eigenvalue weighted by atomic mass is 10.1. The van der Waals surface area contributed by atoms with E-state index in [4.69, 9.17) is 14.2 Å². The number of aromatic amines is 1. The molecule has 0 saturated carbocycles. The summed E-state index contributed by atoms with van der Waals surface area (Å²) in [5, 5.41) is 3.11. The lowest BCUT2D eigenvalue weighted by Gasteiger charge is -2.11. The Labute approximate surface area is 213 Å². The third-order valence-electron chi connectivity index (χ3n) is 6.14. The van der Waals surface area contributed by atoms with Gasteiger partial charge in [-0.1, -0.05) is 36.4 Å². The summed E-state index contributed by atoms with van der Waals surface area (Å²) in [7, 11) is 0. The number of rotatable bonds is 10. The van der Waals surface area contributed by atoms with E-state index in [1.54, 1.807) is 36.5 Å². The number of amides is 1. The summed E-state index contributed by atoms with van der Waals surface area (Å²) in [6.45, 7) is 2.66. The zero-order valence-electron chi connectivity index (χ0n) is 20.3. The van der Waals surface area contributed by atoms with Crippen molar-refractivity contribution < 1.29 is 19.0 Å². The van der Waals surface area contributed by atoms with Crippen LogP contribution < -0.4 is 20.3 Å². The molecule has 1 amide bonds. The van der Waals surface area contributed by atoms with Crippen molar-refractivity contribution in [2.75, 3.05) is 26.4 Å². The number of nitrogens with one attached hydrogen (secondary N) is 2. The van der Waals surface area contributed by atoms with Crippen molar-refractivity contribution in [2.45, 2.75) is 19.4 Å². The Kier molecular flexibility index (Phi) is 7.71. The van der Waals surface area contributed by atoms with Crippen LogP contribution in [0.3, 0.4) is 0 Å². The molecule has 2 aromatic carbocycles. The molecule has 0 spiro atoms. The van der Waals surface area contributed by atoms with Gasteiger partial charge in [-0.15, -0.1) is 0 Å². The van der Waals surface area contributed by atoms with Crippen molar-refractivity contribution in [3.63, 3.8) is 0 Å². The molecule has 0 radical (unpaired) electrons. The van der Waals surface area contributed by atoms with Crippen molar-refractivity contribution in [3.8, 4) is 11.6 Å². The highest BCUT2D eigenvalue weighted by molar-refractivity contribution is 5.93. The number of carbonyl (C=O) groups is 1. The number of fused-ring (bicyclic) bond motifs is 1. The Bertz CT molecular complexity index is 1420. The highest BCUT2D eigenvalue weighted by Crippen LogP contribution is 2.21. The second-order valence-corrected chi connectivity index (χ2v) is 8.87. The number of nitrogens with zero attached hydrogens (tertiary/aromatic N) is 2. The van der Waals surface area contributed by atoms with Crippen LogP contribution in [0.1, 0.15) is 28.2 Å². The maximum Gasteiger partial charge on any atom is 0.287 e. The molecule has 1 unspecified atom stereocenters. The van der Waals surface area contributed by atoms with Gasteiger partial charge in [0.15, 0.2) is 5.82 Å². The summed E-state index contributed by atoms with van der Waals surface area (Å²) in [5.74, 6) is 0.747. The quantitative estimate of drug-likeness (QED) is 0.343. The second-order valence-electron chi connectivity index (χ2n) is 8.87. The summed E-state index contributed by atoms with van der Waals surface area (Å²) in [5.41, 5.74) is 1.92. The minimum Gasteiger partial charge on any atom is -0.492 e. The second kappa shape index (κ2) is 11.7. The van der Waals surface area contributed by atoms with Gasteiger partial charge in [-0.3, -0.25) is 9.59 Å². The molecule has 9 heteroatoms. The number of carbonyl (C=O) groups excluding carboxylic acids is 1. The van der Waals surface area contributed by atoms with Gasteiger partial charge < -0.3 is 24.5 Å². The molecule has 4 aromatic rings. The smallest absolute Gasteiger partial charge is 0.287 e. The van der Waals surface area contributed by atoms with Crippen LogP contribution in [0, 0.1) is 5.92 Å². The molecule has 1 aliphatic rings. The van der Waals surface area contributed by atoms with Gasteiger partial charge in [-0.2, -0.15) is 0 Å². The fraction of sp³-hybridized carbons (Fsp3) is 0.286. The van der Waals surface area contributed by atoms with E-state index in [1.807, 2.05) is 30.3 Å². The van der Waals surface area contributed by atoms with E-state index >= 15 is 0 Å². The van der Waals surface area contributed by atoms with Crippen LogP contribution in [-0.4, -0.2) is 47.3 Å². The van der Waals surface area contributed by atoms with Crippen LogP contribution in [-0.2, 0) is 17.7 Å². The zero-order chi connectivity index (χ0) is 25.5. The molecule has 0 aliphatic carbocycles. The van der Waals surface area contributed by atoms with Crippen molar-refractivity contribution in [1.82, 2.24) is 20.3 Å². The number of ether oxygens (including phenoxy) is 3. The van der Waals surface area contributed by atoms with Crippen LogP contribution >= 0.6 is 0 Å². The largest absolute Gasteiger partial charge is 0.492 e. The van der Waals surface area contributed by atoms with E-state index in [-0.39, 0.29) is 12.4 Å². The molecule has 5 rings (SSSR count). The first-order valence-corrected chi connectivity index (χ1v) is 12.3. The van der Waals surface area contributed by atoms with Gasteiger partial charge in [0.1, 0.15) is 11.1 Å². The normalized spacial score (nSPS) is 15.0. The molecule has 1 atom stereocenters. The Morgan fingerprint density at radius 3 is 2.81 bits per heavy atom. The van der Waals surface area contributed by atoms with Gasteiger partial charge in [0, 0.05) is 37.8 Å². The van der Waals surface area contributed by atoms with E-state index in [0.717, 1.165) is 24.2 Å². The van der Waals surface area contributed by atoms with E-state index in [9.17, 15) is 9.59 Å². The monoisotopic (exact) mass is 500 g/mol. The average molecular weight is 501 g/mol. The summed E-state index contributed by atoms with van der Waals surface area (Å²) in [6.07, 6.45) is 3.32. The number of aromatic nitrogens is 3. The number of benzene rings is 2. The topological polar surface area (TPSA) is 115 Å². The fourth-order valence-corrected chi connectivity index (χ4v) is 4.13. The van der Waals surface area contributed by atoms with Gasteiger partial charge in [0.05, 0.1) is 25.3 Å². The number of H-pyrrole nitrogens is 1. The average Bonchev–Trinajstić information content (AvgIpc) is 3.45. The molecular formula is C28H28N4O5. The van der Waals surface area contributed by atoms with Gasteiger partial charge in [-0.05, 0) is 35.7 Å². The predicted molar refractivity (Wildman–Crippen MR) is 138 cm³/mol. The molecule has 1 fully saturated rings. The standard InChI is InChI=1S/C28H28N4O5/c33-27-25-22(7-4-8-23(25)36-14-11-19-5-2-1-3-6-19)31-26(32-27)28(34)30-16-20-9-12-29-24(15-20)37-18-21-10-13-35-17-21/h1-9,12,15,21H,10-11,13-14,16-18H2,(H,30,34)(H,31,32,33). The molecule has 0 bridgehead atoms. The molecule has 3 heterocycles. The van der Waals surface area contributed by atoms with Crippen LogP contribution in [0.4, 0.5) is 0 Å². The molecule has 2 aromatic heterocycles. The first kappa shape index (κ1) is 24.5. The molecular weight excluding hydrogens is 472 g/mol. The van der Waals surface area contributed by atoms with Crippen LogP contribution in [0.25, 0.3) is 10.9 Å². The minimum atomic E-state index is -0.489. The van der Waals surface area contributed by atoms with Crippen molar-refractivity contribution in [3.05, 3.63) is 94.2 Å². The van der Waals surface area contributed by atoms with Gasteiger partial charge in [-0.25, -0.2) is 9.97 Å². The zero-order valence-corrected chi connectivity index (χ0v) is 20.3. The maximum atomic E-state index is 12.9. The van der Waals surface area contributed by atoms with Crippen molar-refractivity contribution in [2.24, 2.45) is 5.92 Å². The highest BCUT2D eigenvalue weighted by atomic mass is 16.5. The molecule has 190 valence electrons. The minimum absolute atomic E-state index is 0.0642. The van der Waals surface area contributed by atoms with E-state index in [2.05, 4.69) is 20.3 Å². The highest BCUT2D eigenvalue weighted by Gasteiger charge is 2.17. The van der Waals surface area contributed by atoms with Crippen molar-refractivity contribution >= 4 is 16.8 Å². The Hall–Kier alpha value is -4.24. The first-order chi connectivity index (χ1) is 18.2. The molecule has 37 heavy (non-hydrogen) atoms.